The van der Waals surface area contributed by atoms with Gasteiger partial charge in [-0.2, -0.15) is 0 Å². The number of aryl methyl sites for hydroxylation is 1. The van der Waals surface area contributed by atoms with E-state index in [4.69, 9.17) is 4.52 Å². The van der Waals surface area contributed by atoms with Gasteiger partial charge in [0.15, 0.2) is 5.13 Å². The van der Waals surface area contributed by atoms with E-state index in [2.05, 4.69) is 15.0 Å². The van der Waals surface area contributed by atoms with E-state index in [9.17, 15) is 9.18 Å². The number of rotatable bonds is 6. The zero-order chi connectivity index (χ0) is 18.0. The van der Waals surface area contributed by atoms with E-state index in [-0.39, 0.29) is 17.5 Å². The van der Waals surface area contributed by atoms with Gasteiger partial charge in [0.25, 0.3) is 5.91 Å². The van der Waals surface area contributed by atoms with Crippen molar-refractivity contribution in [1.29, 1.82) is 0 Å². The van der Waals surface area contributed by atoms with Crippen molar-refractivity contribution in [3.8, 4) is 0 Å². The van der Waals surface area contributed by atoms with E-state index < -0.39 is 0 Å². The molecule has 0 N–H and O–H groups in total. The minimum atomic E-state index is -0.320. The maximum absolute atomic E-state index is 13.4. The lowest BCUT2D eigenvalue weighted by molar-refractivity contribution is 0.0950. The predicted molar refractivity (Wildman–Crippen MR) is 95.7 cm³/mol. The molecular weight excluding hydrogens is 343 g/mol. The molecule has 0 aliphatic rings. The lowest BCUT2D eigenvalue weighted by Gasteiger charge is -2.19. The Balaban J connectivity index is 1.92. The first-order valence-electron chi connectivity index (χ1n) is 7.90. The molecule has 0 fully saturated rings. The maximum Gasteiger partial charge on any atom is 0.298 e. The van der Waals surface area contributed by atoms with Gasteiger partial charge in [-0.15, -0.1) is 0 Å². The number of halogens is 1. The second kappa shape index (κ2) is 7.28. The molecule has 6 nitrogen and oxygen atoms in total. The van der Waals surface area contributed by atoms with Crippen molar-refractivity contribution in [3.63, 3.8) is 0 Å². The van der Waals surface area contributed by atoms with Gasteiger partial charge in [-0.25, -0.2) is 9.37 Å². The summed E-state index contributed by atoms with van der Waals surface area (Å²) in [6, 6.07) is 6.02. The van der Waals surface area contributed by atoms with Crippen LogP contribution in [0.15, 0.2) is 28.8 Å². The monoisotopic (exact) mass is 362 g/mol. The first kappa shape index (κ1) is 17.5. The third-order valence-electron chi connectivity index (χ3n) is 3.64. The highest BCUT2D eigenvalue weighted by Crippen LogP contribution is 2.30. The molecule has 0 unspecified atom stereocenters. The van der Waals surface area contributed by atoms with E-state index in [0.29, 0.717) is 27.6 Å². The molecule has 25 heavy (non-hydrogen) atoms. The molecule has 2 aromatic heterocycles. The number of hydrogen-bond acceptors (Lipinski definition) is 6. The second-order valence-corrected chi connectivity index (χ2v) is 7.06. The third kappa shape index (κ3) is 4.02. The van der Waals surface area contributed by atoms with Gasteiger partial charge in [-0.3, -0.25) is 9.69 Å². The van der Waals surface area contributed by atoms with Crippen LogP contribution in [0.4, 0.5) is 9.52 Å². The van der Waals surface area contributed by atoms with Crippen LogP contribution in [-0.4, -0.2) is 48.1 Å². The number of amides is 1. The van der Waals surface area contributed by atoms with Crippen molar-refractivity contribution in [2.75, 3.05) is 32.1 Å². The summed E-state index contributed by atoms with van der Waals surface area (Å²) >= 11 is 1.29. The van der Waals surface area contributed by atoms with E-state index in [1.807, 2.05) is 14.1 Å². The largest absolute Gasteiger partial charge is 0.351 e. The van der Waals surface area contributed by atoms with E-state index in [1.165, 1.54) is 23.5 Å². The number of thiazole rings is 1. The molecule has 0 saturated heterocycles. The van der Waals surface area contributed by atoms with Crippen LogP contribution in [0.25, 0.3) is 10.2 Å². The fourth-order valence-corrected chi connectivity index (χ4v) is 3.44. The van der Waals surface area contributed by atoms with Gasteiger partial charge in [0.2, 0.25) is 5.76 Å². The summed E-state index contributed by atoms with van der Waals surface area (Å²) in [6.45, 7) is 3.08. The number of benzene rings is 1. The number of anilines is 1. The Morgan fingerprint density at radius 1 is 1.28 bits per heavy atom. The van der Waals surface area contributed by atoms with Gasteiger partial charge in [0, 0.05) is 12.6 Å². The summed E-state index contributed by atoms with van der Waals surface area (Å²) in [4.78, 5) is 21.0. The number of fused-ring (bicyclic) bond motifs is 1. The van der Waals surface area contributed by atoms with Crippen LogP contribution in [0.3, 0.4) is 0 Å². The lowest BCUT2D eigenvalue weighted by Crippen LogP contribution is -2.33. The average molecular weight is 362 g/mol. The van der Waals surface area contributed by atoms with Crippen LogP contribution >= 0.6 is 11.3 Å². The van der Waals surface area contributed by atoms with Crippen LogP contribution < -0.4 is 4.90 Å². The SMILES string of the molecule is Cc1cc(C(=O)N(CCCN(C)C)c2nc3ccc(F)cc3s2)on1. The molecule has 0 spiro atoms. The van der Waals surface area contributed by atoms with Gasteiger partial charge in [-0.1, -0.05) is 16.5 Å². The normalized spacial score (nSPS) is 11.4. The Labute approximate surface area is 148 Å². The topological polar surface area (TPSA) is 62.5 Å². The maximum atomic E-state index is 13.4. The first-order chi connectivity index (χ1) is 11.9. The standard InChI is InChI=1S/C17H19FN4O2S/c1-11-9-14(24-20-11)16(23)22(8-4-7-21(2)3)17-19-13-6-5-12(18)10-15(13)25-17/h5-6,9-10H,4,7-8H2,1-3H3. The Kier molecular flexibility index (Phi) is 5.10. The predicted octanol–water partition coefficient (Wildman–Crippen LogP) is 3.33. The number of nitrogens with zero attached hydrogens (tertiary/aromatic N) is 4. The summed E-state index contributed by atoms with van der Waals surface area (Å²) < 4.78 is 19.3. The Hall–Kier alpha value is -2.32. The van der Waals surface area contributed by atoms with Crippen molar-refractivity contribution < 1.29 is 13.7 Å². The minimum absolute atomic E-state index is 0.174. The van der Waals surface area contributed by atoms with Crippen molar-refractivity contribution in [2.45, 2.75) is 13.3 Å². The fraction of sp³-hybridized carbons (Fsp3) is 0.353. The van der Waals surface area contributed by atoms with Crippen molar-refractivity contribution in [2.24, 2.45) is 0 Å². The molecule has 0 aliphatic carbocycles. The Bertz CT molecular complexity index is 890. The number of carbonyl (C=O) groups is 1. The van der Waals surface area contributed by atoms with Gasteiger partial charge in [0.1, 0.15) is 5.82 Å². The fourth-order valence-electron chi connectivity index (χ4n) is 2.43. The first-order valence-corrected chi connectivity index (χ1v) is 8.71. The van der Waals surface area contributed by atoms with Gasteiger partial charge in [0.05, 0.1) is 15.9 Å². The minimum Gasteiger partial charge on any atom is -0.351 e. The highest BCUT2D eigenvalue weighted by atomic mass is 32.1. The molecule has 3 rings (SSSR count). The van der Waals surface area contributed by atoms with Crippen molar-refractivity contribution in [3.05, 3.63) is 41.5 Å². The van der Waals surface area contributed by atoms with E-state index >= 15 is 0 Å². The molecule has 132 valence electrons. The third-order valence-corrected chi connectivity index (χ3v) is 4.68. The van der Waals surface area contributed by atoms with Crippen LogP contribution in [0.2, 0.25) is 0 Å². The van der Waals surface area contributed by atoms with Crippen molar-refractivity contribution in [1.82, 2.24) is 15.0 Å². The Morgan fingerprint density at radius 3 is 2.76 bits per heavy atom. The van der Waals surface area contributed by atoms with E-state index in [0.717, 1.165) is 13.0 Å². The zero-order valence-corrected chi connectivity index (χ0v) is 15.1. The molecule has 0 aliphatic heterocycles. The molecule has 0 atom stereocenters. The average Bonchev–Trinajstić information content (AvgIpc) is 3.16. The summed E-state index contributed by atoms with van der Waals surface area (Å²) in [6.07, 6.45) is 0.774. The van der Waals surface area contributed by atoms with Crippen molar-refractivity contribution >= 4 is 32.6 Å². The highest BCUT2D eigenvalue weighted by molar-refractivity contribution is 7.22. The molecule has 0 bridgehead atoms. The summed E-state index contributed by atoms with van der Waals surface area (Å²) in [5.74, 6) is -0.439. The van der Waals surface area contributed by atoms with Crippen LogP contribution in [0, 0.1) is 12.7 Å². The number of hydrogen-bond donors (Lipinski definition) is 0. The molecule has 0 radical (unpaired) electrons. The van der Waals surface area contributed by atoms with Gasteiger partial charge in [-0.05, 0) is 52.2 Å². The molecule has 0 saturated carbocycles. The molecular formula is C17H19FN4O2S. The zero-order valence-electron chi connectivity index (χ0n) is 14.3. The molecule has 1 amide bonds. The van der Waals surface area contributed by atoms with Crippen LogP contribution in [-0.2, 0) is 0 Å². The second-order valence-electron chi connectivity index (χ2n) is 6.05. The van der Waals surface area contributed by atoms with Gasteiger partial charge < -0.3 is 9.42 Å². The molecule has 1 aromatic carbocycles. The summed E-state index contributed by atoms with van der Waals surface area (Å²) in [5.41, 5.74) is 1.31. The summed E-state index contributed by atoms with van der Waals surface area (Å²) in [7, 11) is 3.96. The van der Waals surface area contributed by atoms with Gasteiger partial charge >= 0.3 is 0 Å². The Morgan fingerprint density at radius 2 is 2.08 bits per heavy atom. The molecule has 3 aromatic rings. The quantitative estimate of drug-likeness (QED) is 0.673. The number of aromatic nitrogens is 2. The van der Waals surface area contributed by atoms with Crippen LogP contribution in [0.5, 0.6) is 0 Å². The molecule has 8 heteroatoms. The summed E-state index contributed by atoms with van der Waals surface area (Å²) in [5, 5.41) is 4.31. The molecule has 2 heterocycles. The van der Waals surface area contributed by atoms with E-state index in [1.54, 1.807) is 24.0 Å². The number of carbonyl (C=O) groups excluding carboxylic acids is 1. The lowest BCUT2D eigenvalue weighted by atomic mass is 10.3. The highest BCUT2D eigenvalue weighted by Gasteiger charge is 2.24. The smallest absolute Gasteiger partial charge is 0.298 e. The van der Waals surface area contributed by atoms with Crippen LogP contribution in [0.1, 0.15) is 22.7 Å².